The van der Waals surface area contributed by atoms with E-state index in [1.54, 1.807) is 18.5 Å². The van der Waals surface area contributed by atoms with Crippen LogP contribution in [0.2, 0.25) is 0 Å². The number of H-pyrrole nitrogens is 1. The van der Waals surface area contributed by atoms with Crippen LogP contribution < -0.4 is 10.1 Å². The summed E-state index contributed by atoms with van der Waals surface area (Å²) in [7, 11) is 0. The first-order chi connectivity index (χ1) is 8.83. The number of carbonyl (C=O) groups excluding carboxylic acids is 1. The number of aromatic amines is 1. The molecule has 0 aliphatic carbocycles. The third-order valence-corrected chi connectivity index (χ3v) is 2.82. The maximum absolute atomic E-state index is 11.8. The van der Waals surface area contributed by atoms with Crippen LogP contribution in [0.15, 0.2) is 30.6 Å². The van der Waals surface area contributed by atoms with Gasteiger partial charge >= 0.3 is 0 Å². The van der Waals surface area contributed by atoms with Crippen molar-refractivity contribution in [1.29, 1.82) is 0 Å². The number of nitrogens with zero attached hydrogens (tertiary/aromatic N) is 2. The molecule has 0 aromatic carbocycles. The number of rotatable bonds is 2. The molecule has 0 bridgehead atoms. The molecular weight excluding hydrogens is 232 g/mol. The summed E-state index contributed by atoms with van der Waals surface area (Å²) in [6.07, 6.45) is 3.97. The predicted molar refractivity (Wildman–Crippen MR) is 63.3 cm³/mol. The number of pyridine rings is 1. The number of fused-ring (bicyclic) bond motifs is 1. The fourth-order valence-electron chi connectivity index (χ4n) is 1.95. The number of hydrogen-bond acceptors (Lipinski definition) is 4. The highest BCUT2D eigenvalue weighted by molar-refractivity contribution is 5.92. The number of amides is 1. The zero-order valence-electron chi connectivity index (χ0n) is 9.59. The van der Waals surface area contributed by atoms with Gasteiger partial charge in [-0.1, -0.05) is 6.07 Å². The van der Waals surface area contributed by atoms with Crippen molar-refractivity contribution in [2.45, 2.75) is 12.5 Å². The lowest BCUT2D eigenvalue weighted by atomic mass is 10.1. The van der Waals surface area contributed by atoms with Gasteiger partial charge in [-0.15, -0.1) is 0 Å². The molecule has 3 rings (SSSR count). The average Bonchev–Trinajstić information content (AvgIpc) is 2.92. The fourth-order valence-corrected chi connectivity index (χ4v) is 1.95. The van der Waals surface area contributed by atoms with E-state index in [4.69, 9.17) is 4.74 Å². The van der Waals surface area contributed by atoms with Crippen LogP contribution in [0.4, 0.5) is 0 Å². The molecule has 0 saturated heterocycles. The van der Waals surface area contributed by atoms with E-state index >= 15 is 0 Å². The van der Waals surface area contributed by atoms with Crippen LogP contribution in [0.3, 0.4) is 0 Å². The van der Waals surface area contributed by atoms with Crippen LogP contribution in [0, 0.1) is 0 Å². The Hall–Kier alpha value is -2.37. The van der Waals surface area contributed by atoms with Crippen LogP contribution in [0.1, 0.15) is 16.1 Å². The van der Waals surface area contributed by atoms with Crippen molar-refractivity contribution in [3.05, 3.63) is 41.9 Å². The van der Waals surface area contributed by atoms with Crippen molar-refractivity contribution in [3.8, 4) is 5.88 Å². The molecule has 2 N–H and O–H groups in total. The number of ether oxygens (including phenoxy) is 1. The largest absolute Gasteiger partial charge is 0.475 e. The van der Waals surface area contributed by atoms with E-state index in [-0.39, 0.29) is 11.9 Å². The SMILES string of the molecule is O=C(NC1COc2ncccc2C1)c1ccn[nH]1. The highest BCUT2D eigenvalue weighted by Crippen LogP contribution is 2.21. The second-order valence-corrected chi connectivity index (χ2v) is 4.12. The molecule has 2 aromatic heterocycles. The van der Waals surface area contributed by atoms with Gasteiger partial charge in [0.1, 0.15) is 12.3 Å². The van der Waals surface area contributed by atoms with E-state index in [1.165, 1.54) is 0 Å². The van der Waals surface area contributed by atoms with Crippen LogP contribution in [-0.2, 0) is 6.42 Å². The highest BCUT2D eigenvalue weighted by Gasteiger charge is 2.22. The van der Waals surface area contributed by atoms with Crippen LogP contribution in [-0.4, -0.2) is 33.7 Å². The zero-order chi connectivity index (χ0) is 12.4. The highest BCUT2D eigenvalue weighted by atomic mass is 16.5. The monoisotopic (exact) mass is 244 g/mol. The molecule has 1 unspecified atom stereocenters. The molecule has 0 saturated carbocycles. The van der Waals surface area contributed by atoms with E-state index in [0.717, 1.165) is 12.0 Å². The normalized spacial score (nSPS) is 17.7. The maximum atomic E-state index is 11.8. The molecule has 1 aliphatic rings. The van der Waals surface area contributed by atoms with Crippen LogP contribution in [0.25, 0.3) is 0 Å². The van der Waals surface area contributed by atoms with E-state index in [1.807, 2.05) is 12.1 Å². The molecular formula is C12H12N4O2. The Bertz CT molecular complexity index is 553. The Morgan fingerprint density at radius 2 is 2.39 bits per heavy atom. The summed E-state index contributed by atoms with van der Waals surface area (Å²) < 4.78 is 5.50. The second kappa shape index (κ2) is 4.48. The summed E-state index contributed by atoms with van der Waals surface area (Å²) in [6.45, 7) is 0.434. The topological polar surface area (TPSA) is 79.9 Å². The third-order valence-electron chi connectivity index (χ3n) is 2.82. The number of carbonyl (C=O) groups is 1. The van der Waals surface area contributed by atoms with Gasteiger partial charge < -0.3 is 10.1 Å². The van der Waals surface area contributed by atoms with E-state index < -0.39 is 0 Å². The van der Waals surface area contributed by atoms with E-state index in [0.29, 0.717) is 18.2 Å². The van der Waals surface area contributed by atoms with Gasteiger partial charge in [0.25, 0.3) is 5.91 Å². The standard InChI is InChI=1S/C12H12N4O2/c17-11(10-3-5-14-16-10)15-9-6-8-2-1-4-13-12(8)18-7-9/h1-5,9H,6-7H2,(H,14,16)(H,15,17). The van der Waals surface area contributed by atoms with Gasteiger partial charge in [0.05, 0.1) is 6.04 Å². The van der Waals surface area contributed by atoms with Crippen molar-refractivity contribution >= 4 is 5.91 Å². The summed E-state index contributed by atoms with van der Waals surface area (Å²) in [5.74, 6) is 0.484. The van der Waals surface area contributed by atoms with Gasteiger partial charge in [-0.25, -0.2) is 4.98 Å². The quantitative estimate of drug-likeness (QED) is 0.808. The molecule has 1 amide bonds. The van der Waals surface area contributed by atoms with Crippen molar-refractivity contribution in [1.82, 2.24) is 20.5 Å². The average molecular weight is 244 g/mol. The van der Waals surface area contributed by atoms with Gasteiger partial charge in [-0.2, -0.15) is 5.10 Å². The Morgan fingerprint density at radius 1 is 1.44 bits per heavy atom. The molecule has 1 atom stereocenters. The Kier molecular flexibility index (Phi) is 2.68. The minimum Gasteiger partial charge on any atom is -0.475 e. The zero-order valence-corrected chi connectivity index (χ0v) is 9.59. The summed E-state index contributed by atoms with van der Waals surface area (Å²) in [4.78, 5) is 16.0. The Labute approximate surface area is 103 Å². The number of aromatic nitrogens is 3. The molecule has 0 spiro atoms. The van der Waals surface area contributed by atoms with Crippen LogP contribution >= 0.6 is 0 Å². The maximum Gasteiger partial charge on any atom is 0.269 e. The number of nitrogens with one attached hydrogen (secondary N) is 2. The molecule has 0 fully saturated rings. The summed E-state index contributed by atoms with van der Waals surface area (Å²) >= 11 is 0. The van der Waals surface area contributed by atoms with Crippen molar-refractivity contribution in [2.75, 3.05) is 6.61 Å². The first-order valence-corrected chi connectivity index (χ1v) is 5.70. The van der Waals surface area contributed by atoms with E-state index in [2.05, 4.69) is 20.5 Å². The Balaban J connectivity index is 1.68. The first-order valence-electron chi connectivity index (χ1n) is 5.70. The minimum atomic E-state index is -0.173. The second-order valence-electron chi connectivity index (χ2n) is 4.12. The van der Waals surface area contributed by atoms with Gasteiger partial charge in [0.15, 0.2) is 0 Å². The molecule has 6 heteroatoms. The Morgan fingerprint density at radius 3 is 3.22 bits per heavy atom. The first kappa shape index (κ1) is 10.8. The fraction of sp³-hybridized carbons (Fsp3) is 0.250. The molecule has 0 radical (unpaired) electrons. The van der Waals surface area contributed by atoms with Gasteiger partial charge in [-0.05, 0) is 12.1 Å². The van der Waals surface area contributed by atoms with Gasteiger partial charge in [0, 0.05) is 24.4 Å². The summed E-state index contributed by atoms with van der Waals surface area (Å²) in [5, 5.41) is 9.27. The lowest BCUT2D eigenvalue weighted by Crippen LogP contribution is -2.43. The number of hydrogen-bond donors (Lipinski definition) is 2. The van der Waals surface area contributed by atoms with E-state index in [9.17, 15) is 4.79 Å². The molecule has 92 valence electrons. The summed E-state index contributed by atoms with van der Waals surface area (Å²) in [6, 6.07) is 5.41. The van der Waals surface area contributed by atoms with Crippen molar-refractivity contribution in [3.63, 3.8) is 0 Å². The smallest absolute Gasteiger partial charge is 0.269 e. The molecule has 2 aromatic rings. The van der Waals surface area contributed by atoms with Crippen LogP contribution in [0.5, 0.6) is 5.88 Å². The lowest BCUT2D eigenvalue weighted by molar-refractivity contribution is 0.0908. The predicted octanol–water partition coefficient (Wildman–Crippen LogP) is 0.538. The van der Waals surface area contributed by atoms with Gasteiger partial charge in [-0.3, -0.25) is 9.89 Å². The summed E-state index contributed by atoms with van der Waals surface area (Å²) in [5.41, 5.74) is 1.46. The van der Waals surface area contributed by atoms with Gasteiger partial charge in [0.2, 0.25) is 5.88 Å². The molecule has 6 nitrogen and oxygen atoms in total. The third kappa shape index (κ3) is 2.04. The van der Waals surface area contributed by atoms with Crippen molar-refractivity contribution < 1.29 is 9.53 Å². The lowest BCUT2D eigenvalue weighted by Gasteiger charge is -2.24. The van der Waals surface area contributed by atoms with Crippen molar-refractivity contribution in [2.24, 2.45) is 0 Å². The molecule has 18 heavy (non-hydrogen) atoms. The minimum absolute atomic E-state index is 0.0440. The molecule has 1 aliphatic heterocycles. The molecule has 3 heterocycles.